The number of aromatic nitrogens is 2. The molecule has 2 aromatic heterocycles. The number of hydrogen-bond acceptors (Lipinski definition) is 3. The topological polar surface area (TPSA) is 63.1 Å². The van der Waals surface area contributed by atoms with Crippen molar-refractivity contribution in [1.82, 2.24) is 9.97 Å². The van der Waals surface area contributed by atoms with Crippen molar-refractivity contribution in [3.8, 4) is 0 Å². The molecule has 22 heavy (non-hydrogen) atoms. The Morgan fingerprint density at radius 2 is 2.18 bits per heavy atom. The van der Waals surface area contributed by atoms with Gasteiger partial charge < -0.3 is 5.11 Å². The van der Waals surface area contributed by atoms with Crippen molar-refractivity contribution in [3.05, 3.63) is 65.2 Å². The highest BCUT2D eigenvalue weighted by molar-refractivity contribution is 5.87. The number of fused-ring (bicyclic) bond motifs is 1. The van der Waals surface area contributed by atoms with Gasteiger partial charge in [0, 0.05) is 29.7 Å². The monoisotopic (exact) mass is 294 g/mol. The molecule has 0 aliphatic heterocycles. The highest BCUT2D eigenvalue weighted by Gasteiger charge is 2.25. The lowest BCUT2D eigenvalue weighted by Crippen LogP contribution is -2.03. The third-order valence-electron chi connectivity index (χ3n) is 4.29. The van der Waals surface area contributed by atoms with Crippen LogP contribution in [0.15, 0.2) is 37.2 Å². The van der Waals surface area contributed by atoms with Crippen LogP contribution in [0.3, 0.4) is 0 Å². The largest absolute Gasteiger partial charge is 0.478 e. The number of hydrogen-bond donors (Lipinski definition) is 1. The first-order valence-corrected chi connectivity index (χ1v) is 7.47. The molecule has 0 aromatic carbocycles. The number of carboxylic acids is 1. The molecular formula is C18H18N2O2. The van der Waals surface area contributed by atoms with Gasteiger partial charge in [-0.1, -0.05) is 12.7 Å². The van der Waals surface area contributed by atoms with E-state index in [0.29, 0.717) is 11.5 Å². The second kappa shape index (κ2) is 6.10. The van der Waals surface area contributed by atoms with Crippen molar-refractivity contribution in [2.24, 2.45) is 0 Å². The summed E-state index contributed by atoms with van der Waals surface area (Å²) >= 11 is 0. The summed E-state index contributed by atoms with van der Waals surface area (Å²) in [5, 5.41) is 9.03. The molecule has 4 nitrogen and oxygen atoms in total. The molecule has 3 rings (SSSR count). The molecule has 2 aromatic rings. The van der Waals surface area contributed by atoms with Crippen LogP contribution in [-0.2, 0) is 12.8 Å². The minimum absolute atomic E-state index is 0.295. The minimum Gasteiger partial charge on any atom is -0.478 e. The first kappa shape index (κ1) is 14.4. The van der Waals surface area contributed by atoms with Crippen LogP contribution < -0.4 is 0 Å². The summed E-state index contributed by atoms with van der Waals surface area (Å²) in [7, 11) is 0. The van der Waals surface area contributed by atoms with Gasteiger partial charge in [0.15, 0.2) is 0 Å². The molecule has 0 radical (unpaired) electrons. The zero-order valence-electron chi connectivity index (χ0n) is 12.3. The molecule has 0 saturated carbocycles. The molecule has 1 aliphatic carbocycles. The van der Waals surface area contributed by atoms with Crippen LogP contribution in [0.25, 0.3) is 6.08 Å². The normalized spacial score (nSPS) is 16.3. The van der Waals surface area contributed by atoms with E-state index in [9.17, 15) is 4.79 Å². The van der Waals surface area contributed by atoms with Gasteiger partial charge in [0.2, 0.25) is 0 Å². The average Bonchev–Trinajstić information content (AvgIpc) is 2.96. The van der Waals surface area contributed by atoms with Crippen LogP contribution in [0.4, 0.5) is 0 Å². The number of carbonyl (C=O) groups is 1. The summed E-state index contributed by atoms with van der Waals surface area (Å²) in [6.45, 7) is 3.86. The Labute approximate surface area is 129 Å². The maximum atomic E-state index is 11.0. The average molecular weight is 294 g/mol. The van der Waals surface area contributed by atoms with Gasteiger partial charge >= 0.3 is 5.97 Å². The van der Waals surface area contributed by atoms with Crippen LogP contribution in [0.5, 0.6) is 0 Å². The number of pyridine rings is 2. The van der Waals surface area contributed by atoms with Crippen LogP contribution in [-0.4, -0.2) is 21.0 Å². The summed E-state index contributed by atoms with van der Waals surface area (Å²) in [6, 6.07) is 5.19. The Morgan fingerprint density at radius 3 is 2.95 bits per heavy atom. The second-order valence-corrected chi connectivity index (χ2v) is 5.58. The molecule has 0 amide bonds. The van der Waals surface area contributed by atoms with Crippen molar-refractivity contribution >= 4 is 12.0 Å². The lowest BCUT2D eigenvalue weighted by Gasteiger charge is -2.11. The lowest BCUT2D eigenvalue weighted by molar-refractivity contribution is 0.0696. The number of carboxylic acid groups (broad SMARTS) is 1. The first-order valence-electron chi connectivity index (χ1n) is 7.47. The molecular weight excluding hydrogens is 276 g/mol. The van der Waals surface area contributed by atoms with Crippen LogP contribution in [0.1, 0.15) is 51.6 Å². The Morgan fingerprint density at radius 1 is 1.36 bits per heavy atom. The maximum absolute atomic E-state index is 11.0. The summed E-state index contributed by atoms with van der Waals surface area (Å²) < 4.78 is 0. The number of aryl methyl sites for hydroxylation is 1. The van der Waals surface area contributed by atoms with E-state index in [1.807, 2.05) is 18.3 Å². The summed E-state index contributed by atoms with van der Waals surface area (Å²) in [5.41, 5.74) is 4.79. The van der Waals surface area contributed by atoms with Crippen molar-refractivity contribution in [2.45, 2.75) is 31.6 Å². The third kappa shape index (κ3) is 2.77. The van der Waals surface area contributed by atoms with E-state index in [2.05, 4.69) is 16.5 Å². The molecule has 0 fully saturated rings. The summed E-state index contributed by atoms with van der Waals surface area (Å²) in [4.78, 5) is 19.8. The predicted molar refractivity (Wildman–Crippen MR) is 84.9 cm³/mol. The molecule has 1 atom stereocenters. The standard InChI is InChI=1S/C18H18N2O2/c1-2-12-7-10-20-17-13(4-6-16(12)17)3-5-15-11-14(18(21)22)8-9-19-15/h2,7-11,13H,1,3-6H2,(H,21,22). The zero-order valence-corrected chi connectivity index (χ0v) is 12.3. The Bertz CT molecular complexity index is 725. The van der Waals surface area contributed by atoms with E-state index in [4.69, 9.17) is 5.11 Å². The Balaban J connectivity index is 1.73. The van der Waals surface area contributed by atoms with Crippen molar-refractivity contribution in [1.29, 1.82) is 0 Å². The molecule has 0 bridgehead atoms. The molecule has 2 heterocycles. The third-order valence-corrected chi connectivity index (χ3v) is 4.29. The smallest absolute Gasteiger partial charge is 0.335 e. The highest BCUT2D eigenvalue weighted by Crippen LogP contribution is 2.36. The van der Waals surface area contributed by atoms with E-state index in [-0.39, 0.29) is 0 Å². The highest BCUT2D eigenvalue weighted by atomic mass is 16.4. The molecule has 4 heteroatoms. The van der Waals surface area contributed by atoms with E-state index >= 15 is 0 Å². The minimum atomic E-state index is -0.910. The molecule has 112 valence electrons. The van der Waals surface area contributed by atoms with Gasteiger partial charge in [-0.05, 0) is 55.0 Å². The van der Waals surface area contributed by atoms with E-state index in [0.717, 1.165) is 31.4 Å². The molecule has 0 saturated heterocycles. The second-order valence-electron chi connectivity index (χ2n) is 5.58. The van der Waals surface area contributed by atoms with E-state index in [1.54, 1.807) is 12.3 Å². The van der Waals surface area contributed by atoms with Gasteiger partial charge in [0.25, 0.3) is 0 Å². The quantitative estimate of drug-likeness (QED) is 0.917. The van der Waals surface area contributed by atoms with Gasteiger partial charge in [0.1, 0.15) is 0 Å². The number of aromatic carboxylic acids is 1. The van der Waals surface area contributed by atoms with Crippen LogP contribution in [0, 0.1) is 0 Å². The van der Waals surface area contributed by atoms with Crippen LogP contribution in [0.2, 0.25) is 0 Å². The van der Waals surface area contributed by atoms with Crippen LogP contribution >= 0.6 is 0 Å². The van der Waals surface area contributed by atoms with Gasteiger partial charge in [-0.3, -0.25) is 9.97 Å². The fraction of sp³-hybridized carbons (Fsp3) is 0.278. The van der Waals surface area contributed by atoms with E-state index in [1.165, 1.54) is 22.9 Å². The molecule has 1 N–H and O–H groups in total. The van der Waals surface area contributed by atoms with Gasteiger partial charge in [0.05, 0.1) is 5.56 Å². The number of nitrogens with zero attached hydrogens (tertiary/aromatic N) is 2. The van der Waals surface area contributed by atoms with Gasteiger partial charge in [-0.15, -0.1) is 0 Å². The summed E-state index contributed by atoms with van der Waals surface area (Å²) in [5.74, 6) is -0.489. The first-order chi connectivity index (χ1) is 10.7. The summed E-state index contributed by atoms with van der Waals surface area (Å²) in [6.07, 6.45) is 9.14. The fourth-order valence-electron chi connectivity index (χ4n) is 3.15. The zero-order chi connectivity index (χ0) is 15.5. The lowest BCUT2D eigenvalue weighted by atomic mass is 9.98. The van der Waals surface area contributed by atoms with Crippen molar-refractivity contribution < 1.29 is 9.90 Å². The molecule has 1 aliphatic rings. The van der Waals surface area contributed by atoms with Gasteiger partial charge in [-0.25, -0.2) is 4.79 Å². The number of rotatable bonds is 5. The maximum Gasteiger partial charge on any atom is 0.335 e. The SMILES string of the molecule is C=Cc1ccnc2c1CCC2CCc1cc(C(=O)O)ccn1. The predicted octanol–water partition coefficient (Wildman–Crippen LogP) is 3.48. The Hall–Kier alpha value is -2.49. The van der Waals surface area contributed by atoms with Crippen molar-refractivity contribution in [2.75, 3.05) is 0 Å². The fourth-order valence-corrected chi connectivity index (χ4v) is 3.15. The van der Waals surface area contributed by atoms with Gasteiger partial charge in [-0.2, -0.15) is 0 Å². The molecule has 0 spiro atoms. The Kier molecular flexibility index (Phi) is 4.00. The molecule has 1 unspecified atom stereocenters. The van der Waals surface area contributed by atoms with Crippen molar-refractivity contribution in [3.63, 3.8) is 0 Å². The van der Waals surface area contributed by atoms with E-state index < -0.39 is 5.97 Å².